The Labute approximate surface area is 146 Å². The van der Waals surface area contributed by atoms with E-state index >= 15 is 0 Å². The molecule has 1 aromatic carbocycles. The van der Waals surface area contributed by atoms with Gasteiger partial charge in [0.25, 0.3) is 10.1 Å². The van der Waals surface area contributed by atoms with Crippen LogP contribution in [0.25, 0.3) is 0 Å². The van der Waals surface area contributed by atoms with Crippen molar-refractivity contribution in [3.8, 4) is 0 Å². The SMILES string of the molecule is COC(=O)c1cccnc1NN.Cc1cc(C)c(S(=O)(=O)O)c(C)c1. The van der Waals surface area contributed by atoms with Crippen LogP contribution in [-0.4, -0.2) is 31.0 Å². The third-order valence-corrected chi connectivity index (χ3v) is 4.37. The highest BCUT2D eigenvalue weighted by atomic mass is 32.2. The molecule has 25 heavy (non-hydrogen) atoms. The number of nitrogen functional groups attached to an aromatic ring is 1. The van der Waals surface area contributed by atoms with E-state index in [1.54, 1.807) is 38.1 Å². The number of carbonyl (C=O) groups excluding carboxylic acids is 1. The summed E-state index contributed by atoms with van der Waals surface area (Å²) in [6.07, 6.45) is 1.53. The summed E-state index contributed by atoms with van der Waals surface area (Å²) in [6, 6.07) is 6.67. The van der Waals surface area contributed by atoms with E-state index in [0.717, 1.165) is 5.56 Å². The minimum absolute atomic E-state index is 0.0260. The second-order valence-electron chi connectivity index (χ2n) is 5.24. The number of hydrazine groups is 1. The summed E-state index contributed by atoms with van der Waals surface area (Å²) in [5, 5.41) is 0. The fraction of sp³-hybridized carbons (Fsp3) is 0.250. The number of carbonyl (C=O) groups is 1. The molecule has 0 aliphatic heterocycles. The van der Waals surface area contributed by atoms with Crippen LogP contribution in [0.1, 0.15) is 27.0 Å². The second-order valence-corrected chi connectivity index (χ2v) is 6.60. The van der Waals surface area contributed by atoms with Crippen molar-refractivity contribution >= 4 is 21.9 Å². The van der Waals surface area contributed by atoms with E-state index in [1.165, 1.54) is 13.3 Å². The van der Waals surface area contributed by atoms with E-state index in [0.29, 0.717) is 22.5 Å². The highest BCUT2D eigenvalue weighted by Crippen LogP contribution is 2.20. The minimum atomic E-state index is -4.08. The Bertz CT molecular complexity index is 843. The van der Waals surface area contributed by atoms with Gasteiger partial charge in [-0.15, -0.1) is 0 Å². The number of hydrogen-bond donors (Lipinski definition) is 3. The maximum atomic E-state index is 11.0. The van der Waals surface area contributed by atoms with Crippen LogP contribution in [0.15, 0.2) is 35.4 Å². The number of benzene rings is 1. The summed E-state index contributed by atoms with van der Waals surface area (Å²) in [5.41, 5.74) is 4.78. The molecule has 0 spiro atoms. The Hall–Kier alpha value is -2.49. The monoisotopic (exact) mass is 367 g/mol. The fourth-order valence-electron chi connectivity index (χ4n) is 2.37. The van der Waals surface area contributed by atoms with Crippen LogP contribution < -0.4 is 11.3 Å². The van der Waals surface area contributed by atoms with Crippen LogP contribution in [0, 0.1) is 20.8 Å². The van der Waals surface area contributed by atoms with Gasteiger partial charge in [-0.2, -0.15) is 8.42 Å². The predicted octanol–water partition coefficient (Wildman–Crippen LogP) is 2.01. The zero-order valence-electron chi connectivity index (χ0n) is 14.4. The molecule has 2 aromatic rings. The summed E-state index contributed by atoms with van der Waals surface area (Å²) in [6.45, 7) is 5.22. The van der Waals surface area contributed by atoms with E-state index in [2.05, 4.69) is 15.1 Å². The van der Waals surface area contributed by atoms with Gasteiger partial charge in [0.15, 0.2) is 5.82 Å². The smallest absolute Gasteiger partial charge is 0.341 e. The third-order valence-electron chi connectivity index (χ3n) is 3.21. The van der Waals surface area contributed by atoms with E-state index in [9.17, 15) is 13.2 Å². The Morgan fingerprint density at radius 1 is 1.24 bits per heavy atom. The van der Waals surface area contributed by atoms with E-state index < -0.39 is 16.1 Å². The number of hydrogen-bond acceptors (Lipinski definition) is 7. The van der Waals surface area contributed by atoms with Gasteiger partial charge in [0, 0.05) is 6.20 Å². The molecule has 0 saturated carbocycles. The van der Waals surface area contributed by atoms with Crippen molar-refractivity contribution in [1.29, 1.82) is 0 Å². The summed E-state index contributed by atoms with van der Waals surface area (Å²) < 4.78 is 35.3. The van der Waals surface area contributed by atoms with Crippen molar-refractivity contribution < 1.29 is 22.5 Å². The van der Waals surface area contributed by atoms with Crippen LogP contribution in [-0.2, 0) is 14.9 Å². The number of aromatic nitrogens is 1. The zero-order valence-corrected chi connectivity index (χ0v) is 15.2. The second kappa shape index (κ2) is 8.56. The first-order valence-electron chi connectivity index (χ1n) is 7.17. The summed E-state index contributed by atoms with van der Waals surface area (Å²) >= 11 is 0. The van der Waals surface area contributed by atoms with Gasteiger partial charge in [0.2, 0.25) is 0 Å². The number of rotatable bonds is 3. The van der Waals surface area contributed by atoms with Crippen LogP contribution in [0.2, 0.25) is 0 Å². The summed E-state index contributed by atoms with van der Waals surface area (Å²) in [7, 11) is -2.78. The van der Waals surface area contributed by atoms with Crippen molar-refractivity contribution in [2.75, 3.05) is 12.5 Å². The molecule has 1 heterocycles. The van der Waals surface area contributed by atoms with Gasteiger partial charge in [0.05, 0.1) is 12.0 Å². The van der Waals surface area contributed by atoms with E-state index in [1.807, 2.05) is 6.92 Å². The Kier molecular flexibility index (Phi) is 7.04. The largest absolute Gasteiger partial charge is 0.465 e. The number of ether oxygens (including phenoxy) is 1. The number of anilines is 1. The molecule has 0 amide bonds. The van der Waals surface area contributed by atoms with Crippen LogP contribution in [0.4, 0.5) is 5.82 Å². The molecule has 0 aliphatic carbocycles. The average Bonchev–Trinajstić information content (AvgIpc) is 2.52. The summed E-state index contributed by atoms with van der Waals surface area (Å²) in [5.74, 6) is 4.97. The van der Waals surface area contributed by atoms with Crippen LogP contribution in [0.5, 0.6) is 0 Å². The van der Waals surface area contributed by atoms with Crippen molar-refractivity contribution in [3.63, 3.8) is 0 Å². The molecule has 136 valence electrons. The Morgan fingerprint density at radius 2 is 1.80 bits per heavy atom. The van der Waals surface area contributed by atoms with Crippen LogP contribution in [0.3, 0.4) is 0 Å². The first-order chi connectivity index (χ1) is 11.6. The molecule has 0 aliphatic rings. The fourth-order valence-corrected chi connectivity index (χ4v) is 3.30. The minimum Gasteiger partial charge on any atom is -0.465 e. The van der Waals surface area contributed by atoms with Gasteiger partial charge < -0.3 is 10.2 Å². The maximum absolute atomic E-state index is 11.0. The molecule has 0 radical (unpaired) electrons. The third kappa shape index (κ3) is 5.52. The van der Waals surface area contributed by atoms with Gasteiger partial charge in [-0.3, -0.25) is 4.55 Å². The number of nitrogens with one attached hydrogen (secondary N) is 1. The predicted molar refractivity (Wildman–Crippen MR) is 93.9 cm³/mol. The first-order valence-corrected chi connectivity index (χ1v) is 8.61. The average molecular weight is 367 g/mol. The quantitative estimate of drug-likeness (QED) is 0.325. The van der Waals surface area contributed by atoms with Gasteiger partial charge in [-0.05, 0) is 44.0 Å². The highest BCUT2D eigenvalue weighted by molar-refractivity contribution is 7.86. The number of esters is 1. The highest BCUT2D eigenvalue weighted by Gasteiger charge is 2.16. The molecule has 0 fully saturated rings. The molecule has 4 N–H and O–H groups in total. The molecule has 0 unspecified atom stereocenters. The first kappa shape index (κ1) is 20.6. The Morgan fingerprint density at radius 3 is 2.24 bits per heavy atom. The number of methoxy groups -OCH3 is 1. The van der Waals surface area contributed by atoms with Crippen molar-refractivity contribution in [2.24, 2.45) is 5.84 Å². The number of nitrogens with zero attached hydrogens (tertiary/aromatic N) is 1. The zero-order chi connectivity index (χ0) is 19.2. The number of nitrogens with two attached hydrogens (primary N) is 1. The van der Waals surface area contributed by atoms with Gasteiger partial charge in [0.1, 0.15) is 5.56 Å². The molecule has 0 atom stereocenters. The lowest BCUT2D eigenvalue weighted by Gasteiger charge is -2.07. The normalized spacial score (nSPS) is 10.5. The van der Waals surface area contributed by atoms with E-state index in [4.69, 9.17) is 10.4 Å². The maximum Gasteiger partial charge on any atom is 0.341 e. The van der Waals surface area contributed by atoms with E-state index in [-0.39, 0.29) is 4.90 Å². The van der Waals surface area contributed by atoms with Crippen molar-refractivity contribution in [3.05, 3.63) is 52.7 Å². The molecular weight excluding hydrogens is 346 g/mol. The lowest BCUT2D eigenvalue weighted by molar-refractivity contribution is 0.0601. The molecular formula is C16H21N3O5S. The van der Waals surface area contributed by atoms with Gasteiger partial charge in [-0.1, -0.05) is 17.7 Å². The van der Waals surface area contributed by atoms with Gasteiger partial charge in [-0.25, -0.2) is 15.6 Å². The molecule has 8 nitrogen and oxygen atoms in total. The lowest BCUT2D eigenvalue weighted by atomic mass is 10.1. The Balaban J connectivity index is 0.000000251. The molecule has 0 bridgehead atoms. The van der Waals surface area contributed by atoms with Gasteiger partial charge >= 0.3 is 5.97 Å². The molecule has 0 saturated heterocycles. The molecule has 1 aromatic heterocycles. The molecule has 9 heteroatoms. The molecule has 2 rings (SSSR count). The van der Waals surface area contributed by atoms with Crippen molar-refractivity contribution in [2.45, 2.75) is 25.7 Å². The number of aryl methyl sites for hydroxylation is 3. The number of pyridine rings is 1. The lowest BCUT2D eigenvalue weighted by Crippen LogP contribution is -2.14. The summed E-state index contributed by atoms with van der Waals surface area (Å²) in [4.78, 5) is 14.9. The topological polar surface area (TPSA) is 132 Å². The standard InChI is InChI=1S/C9H12O3S.C7H9N3O2/c1-6-4-7(2)9(8(3)5-6)13(10,11)12;1-12-7(11)5-3-2-4-9-6(5)10-8/h4-5H,1-3H3,(H,10,11,12);2-4H,8H2,1H3,(H,9,10). The van der Waals surface area contributed by atoms with Crippen molar-refractivity contribution in [1.82, 2.24) is 4.98 Å². The van der Waals surface area contributed by atoms with Crippen LogP contribution >= 0.6 is 0 Å².